The molecule has 4 nitrogen and oxygen atoms in total. The van der Waals surface area contributed by atoms with Gasteiger partial charge in [0.2, 0.25) is 16.2 Å². The van der Waals surface area contributed by atoms with Gasteiger partial charge in [-0.3, -0.25) is 4.79 Å². The molecular weight excluding hydrogens is 252 g/mol. The maximum atomic E-state index is 13.7. The molecule has 0 saturated carbocycles. The normalized spacial score (nSPS) is 13.2. The molecule has 0 radical (unpaired) electrons. The Morgan fingerprint density at radius 2 is 1.76 bits per heavy atom. The first-order valence-electron chi connectivity index (χ1n) is 4.61. The lowest BCUT2D eigenvalue weighted by molar-refractivity contribution is -0.130. The number of rotatable bonds is 3. The molecule has 0 spiro atoms. The summed E-state index contributed by atoms with van der Waals surface area (Å²) in [5, 5.41) is 0. The Balaban J connectivity index is 2.94. The molecule has 17 heavy (non-hydrogen) atoms. The maximum absolute atomic E-state index is 13.7. The first-order valence-corrected chi connectivity index (χ1v) is 6.45. The van der Waals surface area contributed by atoms with Crippen molar-refractivity contribution < 1.29 is 22.0 Å². The Kier molecular flexibility index (Phi) is 3.82. The summed E-state index contributed by atoms with van der Waals surface area (Å²) < 4.78 is 48.7. The average molecular weight is 263 g/mol. The number of halogens is 2. The molecule has 0 fully saturated rings. The maximum Gasteiger partial charge on any atom is 0.274 e. The fourth-order valence-corrected chi connectivity index (χ4v) is 1.52. The number of carbonyl (C=O) groups excluding carboxylic acids is 1. The van der Waals surface area contributed by atoms with Crippen molar-refractivity contribution in [2.75, 3.05) is 13.3 Å². The Bertz CT molecular complexity index is 513. The number of benzene rings is 1. The van der Waals surface area contributed by atoms with E-state index in [1.54, 1.807) is 0 Å². The van der Waals surface area contributed by atoms with Crippen LogP contribution in [0.5, 0.6) is 0 Å². The number of nitrogens with zero attached hydrogens (tertiary/aromatic N) is 1. The molecule has 0 aromatic heterocycles. The minimum absolute atomic E-state index is 0.0908. The van der Waals surface area contributed by atoms with Crippen molar-refractivity contribution in [1.29, 1.82) is 0 Å². The highest BCUT2D eigenvalue weighted by Gasteiger charge is 2.28. The van der Waals surface area contributed by atoms with E-state index in [0.717, 1.165) is 37.6 Å². The lowest BCUT2D eigenvalue weighted by Crippen LogP contribution is -2.34. The van der Waals surface area contributed by atoms with Crippen LogP contribution >= 0.6 is 0 Å². The molecule has 0 aliphatic carbocycles. The number of carbonyl (C=O) groups is 1. The summed E-state index contributed by atoms with van der Waals surface area (Å²) >= 11 is 0. The average Bonchev–Trinajstić information content (AvgIpc) is 2.26. The van der Waals surface area contributed by atoms with Crippen LogP contribution < -0.4 is 0 Å². The topological polar surface area (TPSA) is 54.5 Å². The Hall–Kier alpha value is -1.50. The van der Waals surface area contributed by atoms with Crippen LogP contribution in [0.25, 0.3) is 0 Å². The molecule has 1 amide bonds. The van der Waals surface area contributed by atoms with Gasteiger partial charge in [0.15, 0.2) is 0 Å². The van der Waals surface area contributed by atoms with Gasteiger partial charge in [-0.1, -0.05) is 12.1 Å². The predicted molar refractivity (Wildman–Crippen MR) is 57.9 cm³/mol. The molecule has 1 atom stereocenters. The van der Waals surface area contributed by atoms with Crippen molar-refractivity contribution in [3.63, 3.8) is 0 Å². The van der Waals surface area contributed by atoms with E-state index in [4.69, 9.17) is 0 Å². The highest BCUT2D eigenvalue weighted by atomic mass is 32.2. The lowest BCUT2D eigenvalue weighted by atomic mass is 10.1. The highest BCUT2D eigenvalue weighted by Crippen LogP contribution is 2.20. The Morgan fingerprint density at radius 3 is 2.18 bits per heavy atom. The minimum atomic E-state index is -3.79. The molecular formula is C10H11F2NO3S. The third-order valence-electron chi connectivity index (χ3n) is 2.19. The number of hydrogen-bond donors (Lipinski definition) is 0. The second-order valence-electron chi connectivity index (χ2n) is 3.48. The number of amides is 1. The first kappa shape index (κ1) is 13.6. The number of sulfonamides is 1. The minimum Gasteiger partial charge on any atom is -0.270 e. The molecule has 1 aromatic carbocycles. The first-order chi connectivity index (χ1) is 7.73. The smallest absolute Gasteiger partial charge is 0.270 e. The zero-order chi connectivity index (χ0) is 13.2. The monoisotopic (exact) mass is 263 g/mol. The Morgan fingerprint density at radius 1 is 1.29 bits per heavy atom. The third-order valence-corrected chi connectivity index (χ3v) is 3.36. The molecule has 0 aliphatic rings. The second kappa shape index (κ2) is 4.79. The molecule has 0 N–H and O–H groups in total. The number of likely N-dealkylation sites (N-methyl/N-ethyl adjacent to an activating group) is 1. The van der Waals surface area contributed by atoms with Gasteiger partial charge in [0.05, 0.1) is 6.26 Å². The van der Waals surface area contributed by atoms with Crippen LogP contribution in [0.1, 0.15) is 11.7 Å². The summed E-state index contributed by atoms with van der Waals surface area (Å²) in [6.07, 6.45) is -1.34. The predicted octanol–water partition coefficient (Wildman–Crippen LogP) is 1.25. The third kappa shape index (κ3) is 3.23. The van der Waals surface area contributed by atoms with Gasteiger partial charge in [0, 0.05) is 7.05 Å². The van der Waals surface area contributed by atoms with E-state index < -0.39 is 27.9 Å². The molecule has 0 heterocycles. The second-order valence-corrected chi connectivity index (χ2v) is 5.50. The zero-order valence-electron chi connectivity index (χ0n) is 9.22. The van der Waals surface area contributed by atoms with Gasteiger partial charge in [-0.25, -0.2) is 21.5 Å². The summed E-state index contributed by atoms with van der Waals surface area (Å²) in [6, 6.07) is 4.17. The summed E-state index contributed by atoms with van der Waals surface area (Å²) in [4.78, 5) is 11.5. The van der Waals surface area contributed by atoms with Crippen molar-refractivity contribution in [2.45, 2.75) is 6.17 Å². The molecule has 0 aliphatic heterocycles. The van der Waals surface area contributed by atoms with Gasteiger partial charge in [-0.05, 0) is 17.7 Å². The van der Waals surface area contributed by atoms with Gasteiger partial charge in [-0.2, -0.15) is 0 Å². The molecule has 1 rings (SSSR count). The highest BCUT2D eigenvalue weighted by molar-refractivity contribution is 7.88. The number of hydrogen-bond acceptors (Lipinski definition) is 3. The van der Waals surface area contributed by atoms with E-state index in [9.17, 15) is 22.0 Å². The van der Waals surface area contributed by atoms with Crippen LogP contribution in [0, 0.1) is 5.82 Å². The molecule has 1 unspecified atom stereocenters. The van der Waals surface area contributed by atoms with Gasteiger partial charge in [0.1, 0.15) is 5.82 Å². The van der Waals surface area contributed by atoms with Crippen LogP contribution in [0.3, 0.4) is 0 Å². The molecule has 1 aromatic rings. The Labute approximate surface area is 97.9 Å². The van der Waals surface area contributed by atoms with Crippen LogP contribution in [-0.2, 0) is 14.8 Å². The van der Waals surface area contributed by atoms with Gasteiger partial charge in [-0.15, -0.1) is 0 Å². The van der Waals surface area contributed by atoms with Crippen molar-refractivity contribution >= 4 is 15.9 Å². The van der Waals surface area contributed by atoms with Crippen LogP contribution in [0.4, 0.5) is 8.78 Å². The van der Waals surface area contributed by atoms with Gasteiger partial charge < -0.3 is 0 Å². The largest absolute Gasteiger partial charge is 0.274 e. The van der Waals surface area contributed by atoms with Gasteiger partial charge in [0.25, 0.3) is 5.91 Å². The van der Waals surface area contributed by atoms with Gasteiger partial charge >= 0.3 is 0 Å². The van der Waals surface area contributed by atoms with Crippen molar-refractivity contribution in [3.05, 3.63) is 35.6 Å². The zero-order valence-corrected chi connectivity index (χ0v) is 10.0. The molecule has 0 bridgehead atoms. The van der Waals surface area contributed by atoms with Crippen molar-refractivity contribution in [1.82, 2.24) is 4.31 Å². The summed E-state index contributed by atoms with van der Waals surface area (Å²) in [5.74, 6) is -1.77. The fraction of sp³-hybridized carbons (Fsp3) is 0.300. The van der Waals surface area contributed by atoms with E-state index in [-0.39, 0.29) is 5.56 Å². The van der Waals surface area contributed by atoms with Crippen molar-refractivity contribution in [3.8, 4) is 0 Å². The SMILES string of the molecule is CN(C(=O)C(F)c1ccc(F)cc1)S(C)(=O)=O. The molecule has 0 saturated heterocycles. The van der Waals surface area contributed by atoms with E-state index >= 15 is 0 Å². The summed E-state index contributed by atoms with van der Waals surface area (Å²) in [5.41, 5.74) is -0.0908. The lowest BCUT2D eigenvalue weighted by Gasteiger charge is -2.17. The van der Waals surface area contributed by atoms with Crippen molar-refractivity contribution in [2.24, 2.45) is 0 Å². The summed E-state index contributed by atoms with van der Waals surface area (Å²) in [7, 11) is -2.83. The molecule has 94 valence electrons. The number of alkyl halides is 1. The molecule has 7 heteroatoms. The quantitative estimate of drug-likeness (QED) is 0.824. The van der Waals surface area contributed by atoms with Crippen LogP contribution in [0.2, 0.25) is 0 Å². The standard InChI is InChI=1S/C10H11F2NO3S/c1-13(17(2,15)16)10(14)9(12)7-3-5-8(11)6-4-7/h3-6,9H,1-2H3. The van der Waals surface area contributed by atoms with E-state index in [2.05, 4.69) is 0 Å². The van der Waals surface area contributed by atoms with E-state index in [1.807, 2.05) is 0 Å². The van der Waals surface area contributed by atoms with Crippen LogP contribution in [0.15, 0.2) is 24.3 Å². The van der Waals surface area contributed by atoms with E-state index in [0.29, 0.717) is 4.31 Å². The summed E-state index contributed by atoms with van der Waals surface area (Å²) in [6.45, 7) is 0. The van der Waals surface area contributed by atoms with Crippen LogP contribution in [-0.4, -0.2) is 31.9 Å². The fourth-order valence-electron chi connectivity index (χ4n) is 1.10. The van der Waals surface area contributed by atoms with E-state index in [1.165, 1.54) is 0 Å².